The first-order valence-electron chi connectivity index (χ1n) is 30.3. The summed E-state index contributed by atoms with van der Waals surface area (Å²) in [5, 5.41) is 11.5. The maximum Gasteiger partial charge on any atom is 0.159 e. The number of furan rings is 2. The Labute approximate surface area is 499 Å². The molecule has 16 aromatic rings. The summed E-state index contributed by atoms with van der Waals surface area (Å²) in [6.07, 6.45) is 6.31. The van der Waals surface area contributed by atoms with Crippen LogP contribution in [0.5, 0.6) is 0 Å². The van der Waals surface area contributed by atoms with Crippen LogP contribution in [0.15, 0.2) is 294 Å². The van der Waals surface area contributed by atoms with Gasteiger partial charge >= 0.3 is 0 Å². The van der Waals surface area contributed by atoms with Crippen LogP contribution >= 0.6 is 0 Å². The van der Waals surface area contributed by atoms with Crippen molar-refractivity contribution in [3.05, 3.63) is 291 Å². The zero-order valence-corrected chi connectivity index (χ0v) is 47.5. The molecule has 0 radical (unpaired) electrons. The summed E-state index contributed by atoms with van der Waals surface area (Å²) in [7, 11) is 0. The van der Waals surface area contributed by atoms with Gasteiger partial charge in [-0.15, -0.1) is 0 Å². The van der Waals surface area contributed by atoms with E-state index in [1.807, 2.05) is 0 Å². The van der Waals surface area contributed by atoms with Crippen molar-refractivity contribution in [1.29, 1.82) is 0 Å². The van der Waals surface area contributed by atoms with Crippen LogP contribution in [0.25, 0.3) is 121 Å². The number of anilines is 6. The SMILES string of the molecule is c1ccc(-c2ccc(-c3ccccc3)c(N(c3cc(N(c4cc(-c5ccccc5)ccc4-c4ccccc4)c4cccc5c4oc4ccccc45)c4ccc5cc(C6CCCCC6)cc6ccc3c4c65)c3cccc4c3oc3ccccc34)c2)cc1. The first-order valence-corrected chi connectivity index (χ1v) is 30.3. The maximum atomic E-state index is 7.21. The van der Waals surface area contributed by atoms with Crippen LogP contribution in [0.1, 0.15) is 43.6 Å². The Hall–Kier alpha value is -10.7. The van der Waals surface area contributed by atoms with E-state index >= 15 is 0 Å². The van der Waals surface area contributed by atoms with Gasteiger partial charge < -0.3 is 18.6 Å². The first kappa shape index (κ1) is 49.9. The Balaban J connectivity index is 1.06. The smallest absolute Gasteiger partial charge is 0.159 e. The molecule has 2 aromatic heterocycles. The number of para-hydroxylation sites is 4. The van der Waals surface area contributed by atoms with Crippen LogP contribution < -0.4 is 9.80 Å². The van der Waals surface area contributed by atoms with E-state index in [0.717, 1.165) is 133 Å². The molecule has 0 atom stereocenters. The van der Waals surface area contributed by atoms with Gasteiger partial charge in [-0.05, 0) is 116 Å². The Morgan fingerprint density at radius 1 is 0.267 bits per heavy atom. The van der Waals surface area contributed by atoms with Crippen molar-refractivity contribution in [2.45, 2.75) is 38.0 Å². The highest BCUT2D eigenvalue weighted by atomic mass is 16.3. The Morgan fingerprint density at radius 2 is 0.686 bits per heavy atom. The molecule has 4 heteroatoms. The second kappa shape index (κ2) is 20.6. The monoisotopic (exact) mass is 1100 g/mol. The van der Waals surface area contributed by atoms with Crippen molar-refractivity contribution in [1.82, 2.24) is 0 Å². The van der Waals surface area contributed by atoms with Gasteiger partial charge in [0, 0.05) is 48.8 Å². The summed E-state index contributed by atoms with van der Waals surface area (Å²) in [4.78, 5) is 5.06. The van der Waals surface area contributed by atoms with Gasteiger partial charge in [0.15, 0.2) is 11.2 Å². The van der Waals surface area contributed by atoms with E-state index in [4.69, 9.17) is 8.83 Å². The molecule has 86 heavy (non-hydrogen) atoms. The highest BCUT2D eigenvalue weighted by Crippen LogP contribution is 2.56. The standard InChI is InChI=1S/C82H58N2O2/c1-6-22-53(23-7-1)58-40-44-63(56-28-12-4-13-29-56)73(50-58)83(71-36-20-34-67-65-32-16-18-38-77(65)85-81(67)71)75-52-76(70-47-43-61-49-62(55-26-10-3-11-27-55)48-60-42-46-69(75)80(70)79(60)61)84(72-37-21-35-68-66-33-17-19-39-78(66)86-82(68)72)74-51-59(54-24-8-2-9-25-54)41-45-64(74)57-30-14-5-15-31-57/h1-2,4-9,12-25,28-52,55H,3,10-11,26-27H2. The fourth-order valence-electron chi connectivity index (χ4n) is 14.3. The lowest BCUT2D eigenvalue weighted by atomic mass is 9.82. The summed E-state index contributed by atoms with van der Waals surface area (Å²) < 4.78 is 14.4. The van der Waals surface area contributed by atoms with Crippen molar-refractivity contribution in [3.63, 3.8) is 0 Å². The third-order valence-electron chi connectivity index (χ3n) is 18.4. The van der Waals surface area contributed by atoms with Gasteiger partial charge in [-0.3, -0.25) is 0 Å². The van der Waals surface area contributed by atoms with Crippen molar-refractivity contribution in [3.8, 4) is 44.5 Å². The first-order chi connectivity index (χ1) is 42.7. The fraction of sp³-hybridized carbons (Fsp3) is 0.0732. The lowest BCUT2D eigenvalue weighted by molar-refractivity contribution is 0.444. The van der Waals surface area contributed by atoms with E-state index in [9.17, 15) is 0 Å². The van der Waals surface area contributed by atoms with E-state index in [-0.39, 0.29) is 0 Å². The third-order valence-corrected chi connectivity index (χ3v) is 18.4. The molecule has 0 unspecified atom stereocenters. The summed E-state index contributed by atoms with van der Waals surface area (Å²) in [5.41, 5.74) is 19.6. The third kappa shape index (κ3) is 8.27. The van der Waals surface area contributed by atoms with Crippen molar-refractivity contribution >= 4 is 110 Å². The lowest BCUT2D eigenvalue weighted by Crippen LogP contribution is -2.16. The van der Waals surface area contributed by atoms with Crippen LogP contribution in [0, 0.1) is 0 Å². The predicted molar refractivity (Wildman–Crippen MR) is 362 cm³/mol. The molecule has 14 aromatic carbocycles. The molecular formula is C82H58N2O2. The topological polar surface area (TPSA) is 32.8 Å². The van der Waals surface area contributed by atoms with E-state index in [1.165, 1.54) is 59.2 Å². The molecule has 0 spiro atoms. The zero-order chi connectivity index (χ0) is 56.7. The summed E-state index contributed by atoms with van der Waals surface area (Å²) in [6.45, 7) is 0. The molecule has 0 saturated heterocycles. The molecule has 408 valence electrons. The van der Waals surface area contributed by atoms with E-state index in [1.54, 1.807) is 0 Å². The summed E-state index contributed by atoms with van der Waals surface area (Å²) >= 11 is 0. The molecule has 1 saturated carbocycles. The molecule has 2 heterocycles. The molecule has 0 amide bonds. The van der Waals surface area contributed by atoms with Crippen molar-refractivity contribution in [2.75, 3.05) is 9.80 Å². The van der Waals surface area contributed by atoms with Gasteiger partial charge in [0.2, 0.25) is 0 Å². The molecule has 1 fully saturated rings. The van der Waals surface area contributed by atoms with E-state index in [2.05, 4.69) is 295 Å². The average molecular weight is 1100 g/mol. The van der Waals surface area contributed by atoms with Gasteiger partial charge in [-0.2, -0.15) is 0 Å². The molecule has 1 aliphatic rings. The molecule has 0 aliphatic heterocycles. The van der Waals surface area contributed by atoms with Crippen LogP contribution in [-0.2, 0) is 0 Å². The highest BCUT2D eigenvalue weighted by Gasteiger charge is 2.31. The number of benzene rings is 14. The van der Waals surface area contributed by atoms with Gasteiger partial charge in [-0.1, -0.05) is 262 Å². The summed E-state index contributed by atoms with van der Waals surface area (Å²) in [5.74, 6) is 0.540. The second-order valence-corrected chi connectivity index (χ2v) is 23.3. The average Bonchev–Trinajstić information content (AvgIpc) is 1.34. The molecule has 4 nitrogen and oxygen atoms in total. The van der Waals surface area contributed by atoms with Crippen LogP contribution in [-0.4, -0.2) is 0 Å². The van der Waals surface area contributed by atoms with E-state index < -0.39 is 0 Å². The Bertz CT molecular complexity index is 4900. The second-order valence-electron chi connectivity index (χ2n) is 23.3. The quantitative estimate of drug-likeness (QED) is 0.121. The number of fused-ring (bicyclic) bond motifs is 6. The molecular weight excluding hydrogens is 1040 g/mol. The van der Waals surface area contributed by atoms with Crippen LogP contribution in [0.2, 0.25) is 0 Å². The van der Waals surface area contributed by atoms with Gasteiger partial charge in [0.25, 0.3) is 0 Å². The Kier molecular flexibility index (Phi) is 11.9. The molecule has 0 N–H and O–H groups in total. The lowest BCUT2D eigenvalue weighted by Gasteiger charge is -2.34. The molecule has 1 aliphatic carbocycles. The zero-order valence-electron chi connectivity index (χ0n) is 47.5. The van der Waals surface area contributed by atoms with Gasteiger partial charge in [-0.25, -0.2) is 0 Å². The maximum absolute atomic E-state index is 7.21. The largest absolute Gasteiger partial charge is 0.454 e. The molecule has 17 rings (SSSR count). The van der Waals surface area contributed by atoms with Gasteiger partial charge in [0.1, 0.15) is 11.2 Å². The Morgan fingerprint density at radius 3 is 1.15 bits per heavy atom. The molecule has 0 bridgehead atoms. The summed E-state index contributed by atoms with van der Waals surface area (Å²) in [6, 6.07) is 105. The normalized spacial score (nSPS) is 13.1. The highest BCUT2D eigenvalue weighted by molar-refractivity contribution is 6.30. The van der Waals surface area contributed by atoms with Crippen LogP contribution in [0.4, 0.5) is 34.1 Å². The van der Waals surface area contributed by atoms with Crippen LogP contribution in [0.3, 0.4) is 0 Å². The number of hydrogen-bond acceptors (Lipinski definition) is 4. The van der Waals surface area contributed by atoms with Gasteiger partial charge in [0.05, 0.1) is 34.1 Å². The number of rotatable bonds is 11. The fourth-order valence-corrected chi connectivity index (χ4v) is 14.3. The minimum atomic E-state index is 0.540. The predicted octanol–water partition coefficient (Wildman–Crippen LogP) is 24.0. The minimum absolute atomic E-state index is 0.540. The van der Waals surface area contributed by atoms with Crippen molar-refractivity contribution in [2.24, 2.45) is 0 Å². The van der Waals surface area contributed by atoms with E-state index in [0.29, 0.717) is 5.92 Å². The minimum Gasteiger partial charge on any atom is -0.454 e. The number of hydrogen-bond donors (Lipinski definition) is 0. The number of nitrogens with zero attached hydrogens (tertiary/aromatic N) is 2. The van der Waals surface area contributed by atoms with Crippen molar-refractivity contribution < 1.29 is 8.83 Å².